The number of fused-ring (bicyclic) bond motifs is 6. The fraction of sp³-hybridized carbons (Fsp3) is 0.176. The number of alkyl halides is 3. The lowest BCUT2D eigenvalue weighted by atomic mass is 10.2. The number of aliphatic hydroxyl groups is 1. The number of hydrogen-bond donors (Lipinski definition) is 1. The van der Waals surface area contributed by atoms with E-state index in [1.165, 1.54) is 44.7 Å². The summed E-state index contributed by atoms with van der Waals surface area (Å²) >= 11 is 3.43. The number of halogens is 3. The number of pyridine rings is 1. The summed E-state index contributed by atoms with van der Waals surface area (Å²) in [4.78, 5) is 33.5. The van der Waals surface area contributed by atoms with E-state index >= 15 is 0 Å². The zero-order chi connectivity index (χ0) is 54.3. The Morgan fingerprint density at radius 2 is 1.29 bits per heavy atom. The average molecular weight is 1110 g/mol. The summed E-state index contributed by atoms with van der Waals surface area (Å²) < 4.78 is 50.2. The summed E-state index contributed by atoms with van der Waals surface area (Å²) in [6.07, 6.45) is 21.1. The molecule has 0 amide bonds. The van der Waals surface area contributed by atoms with E-state index in [1.807, 2.05) is 48.4 Å². The quantitative estimate of drug-likeness (QED) is 0.129. The zero-order valence-corrected chi connectivity index (χ0v) is 43.5. The molecule has 24 nitrogen and oxygen atoms in total. The van der Waals surface area contributed by atoms with Crippen LogP contribution in [0.1, 0.15) is 26.4 Å². The number of benzene rings is 1. The van der Waals surface area contributed by atoms with Crippen LogP contribution in [-0.2, 0) is 46.2 Å². The van der Waals surface area contributed by atoms with Gasteiger partial charge in [-0.25, -0.2) is 48.9 Å². The van der Waals surface area contributed by atoms with E-state index in [-0.39, 0.29) is 6.61 Å². The Morgan fingerprint density at radius 1 is 0.662 bits per heavy atom. The summed E-state index contributed by atoms with van der Waals surface area (Å²) in [6.45, 7) is 0.954. The Morgan fingerprint density at radius 3 is 1.94 bits per heavy atom. The topological polar surface area (TPSA) is 260 Å². The zero-order valence-electron chi connectivity index (χ0n) is 41.8. The second-order valence-corrected chi connectivity index (χ2v) is 20.4. The Balaban J connectivity index is 0.000000114. The first-order valence-electron chi connectivity index (χ1n) is 24.6. The van der Waals surface area contributed by atoms with E-state index < -0.39 is 12.7 Å². The molecule has 80 heavy (non-hydrogen) atoms. The molecule has 1 aliphatic carbocycles. The Labute approximate surface area is 455 Å². The first-order chi connectivity index (χ1) is 39.0. The van der Waals surface area contributed by atoms with Crippen LogP contribution < -0.4 is 0 Å². The predicted molar refractivity (Wildman–Crippen MR) is 289 cm³/mol. The van der Waals surface area contributed by atoms with Crippen LogP contribution in [0.15, 0.2) is 128 Å². The molecule has 1 aromatic carbocycles. The van der Waals surface area contributed by atoms with Crippen LogP contribution in [-0.4, -0.2) is 132 Å². The number of rotatable bonds is 12. The monoisotopic (exact) mass is 1110 g/mol. The maximum Gasteiger partial charge on any atom is 0.408 e. The van der Waals surface area contributed by atoms with Crippen molar-refractivity contribution in [3.05, 3.63) is 155 Å². The van der Waals surface area contributed by atoms with E-state index in [2.05, 4.69) is 124 Å². The molecule has 15 rings (SSSR count). The Hall–Kier alpha value is -9.87. The molecule has 0 unspecified atom stereocenters. The smallest absolute Gasteiger partial charge is 0.394 e. The van der Waals surface area contributed by atoms with Gasteiger partial charge in [0.1, 0.15) is 12.2 Å². The standard InChI is InChI=1S/C17H12F3N7S.C17H15N9O.C17H13N7S/c18-17(19,20)9-26-7-11(5-22-26)13-6-21-15-16(23-13)27(25-24-15)8-12-4-10-2-1-3-14(10)28-12;27-6-5-25-11-13(8-20-25)14-9-19-16-17(21-14)26(23-22-16)10-12-1-3-24-4-2-18-15(24)7-12;1-23-8-11(6-19-23)14-7-18-16-17(20-14)24(22-21-16)9-12-10-25-15-5-3-2-4-13(12)15/h1,3-7H,2,8-9H2;1-4,7-9,11,27H,5-6,10H2;2-8,10H,9H2,1H3. The number of hydrogen-bond acceptors (Lipinski definition) is 19. The minimum atomic E-state index is -4.34. The minimum Gasteiger partial charge on any atom is -0.394 e. The van der Waals surface area contributed by atoms with E-state index in [1.54, 1.807) is 77.1 Å². The number of aromatic nitrogens is 23. The van der Waals surface area contributed by atoms with E-state index in [0.717, 1.165) is 44.0 Å². The van der Waals surface area contributed by atoms with Gasteiger partial charge < -0.3 is 9.51 Å². The molecule has 0 spiro atoms. The highest BCUT2D eigenvalue weighted by molar-refractivity contribution is 7.17. The summed E-state index contributed by atoms with van der Waals surface area (Å²) in [6, 6.07) is 14.5. The number of nitrogens with zero attached hydrogens (tertiary/aromatic N) is 23. The van der Waals surface area contributed by atoms with Gasteiger partial charge in [0.25, 0.3) is 0 Å². The van der Waals surface area contributed by atoms with E-state index in [9.17, 15) is 13.2 Å². The molecule has 0 radical (unpaired) electrons. The van der Waals surface area contributed by atoms with Crippen LogP contribution in [0.2, 0.25) is 0 Å². The van der Waals surface area contributed by atoms with Crippen LogP contribution in [0, 0.1) is 0 Å². The first-order valence-corrected chi connectivity index (χ1v) is 26.3. The van der Waals surface area contributed by atoms with Crippen molar-refractivity contribution in [3.8, 4) is 33.8 Å². The highest BCUT2D eigenvalue weighted by atomic mass is 32.1. The van der Waals surface area contributed by atoms with Gasteiger partial charge in [-0.05, 0) is 64.2 Å². The lowest BCUT2D eigenvalue weighted by Gasteiger charge is -2.05. The van der Waals surface area contributed by atoms with E-state index in [0.29, 0.717) is 77.0 Å². The van der Waals surface area contributed by atoms with Crippen LogP contribution in [0.3, 0.4) is 0 Å². The third-order valence-corrected chi connectivity index (χ3v) is 14.8. The van der Waals surface area contributed by atoms with Crippen molar-refractivity contribution in [1.82, 2.24) is 114 Å². The Kier molecular flexibility index (Phi) is 12.9. The molecule has 0 saturated carbocycles. The van der Waals surface area contributed by atoms with Crippen LogP contribution >= 0.6 is 22.7 Å². The summed E-state index contributed by atoms with van der Waals surface area (Å²) in [5.74, 6) is 0. The molecule has 398 valence electrons. The average Bonchev–Trinajstić information content (AvgIpc) is 4.38. The summed E-state index contributed by atoms with van der Waals surface area (Å²) in [7, 11) is 1.88. The molecule has 0 aliphatic heterocycles. The van der Waals surface area contributed by atoms with Crippen molar-refractivity contribution in [2.24, 2.45) is 7.05 Å². The number of aryl methyl sites for hydroxylation is 1. The second kappa shape index (κ2) is 20.8. The summed E-state index contributed by atoms with van der Waals surface area (Å²) in [5, 5.41) is 49.4. The van der Waals surface area contributed by atoms with Crippen LogP contribution in [0.25, 0.3) is 89.5 Å². The lowest BCUT2D eigenvalue weighted by Crippen LogP contribution is -2.17. The molecule has 13 heterocycles. The number of thiophene rings is 2. The lowest BCUT2D eigenvalue weighted by molar-refractivity contribution is -0.142. The number of aliphatic hydroxyl groups excluding tert-OH is 1. The minimum absolute atomic E-state index is 0.0311. The van der Waals surface area contributed by atoms with Crippen molar-refractivity contribution in [1.29, 1.82) is 0 Å². The molecule has 0 atom stereocenters. The second-order valence-electron chi connectivity index (χ2n) is 18.3. The third kappa shape index (κ3) is 10.4. The van der Waals surface area contributed by atoms with Crippen molar-refractivity contribution < 1.29 is 18.3 Å². The fourth-order valence-electron chi connectivity index (χ4n) is 8.90. The van der Waals surface area contributed by atoms with E-state index in [4.69, 9.17) is 10.1 Å². The van der Waals surface area contributed by atoms with Gasteiger partial charge in [0, 0.05) is 75.4 Å². The molecule has 0 fully saturated rings. The molecule has 0 saturated heterocycles. The fourth-order valence-corrected chi connectivity index (χ4v) is 11.0. The predicted octanol–water partition coefficient (Wildman–Crippen LogP) is 6.98. The van der Waals surface area contributed by atoms with Gasteiger partial charge in [-0.3, -0.25) is 14.0 Å². The van der Waals surface area contributed by atoms with Crippen LogP contribution in [0.4, 0.5) is 13.2 Å². The maximum absolute atomic E-state index is 12.5. The molecular formula is C51H40F3N23OS2. The third-order valence-electron chi connectivity index (χ3n) is 12.7. The largest absolute Gasteiger partial charge is 0.408 e. The summed E-state index contributed by atoms with van der Waals surface area (Å²) in [5.41, 5.74) is 11.7. The number of imidazole rings is 1. The van der Waals surface area contributed by atoms with Gasteiger partial charge in [0.05, 0.1) is 87.0 Å². The van der Waals surface area contributed by atoms with Gasteiger partial charge in [0.2, 0.25) is 16.9 Å². The highest BCUT2D eigenvalue weighted by Gasteiger charge is 2.28. The van der Waals surface area contributed by atoms with Crippen molar-refractivity contribution in [3.63, 3.8) is 0 Å². The van der Waals surface area contributed by atoms with Crippen molar-refractivity contribution >= 4 is 78.4 Å². The maximum atomic E-state index is 12.5. The SMILES string of the molecule is Cn1cc(-c2cnc3nnn(Cc4csc5ccccc45)c3n2)cn1.FC(F)(F)Cn1cc(-c2cnc3nnn(Cc4cc5c(s4)C=CC5)c3n2)cn1.OCCn1cc(-c2cnc3nnn(Cc4ccn5ccnc5c4)c3n2)cn1. The van der Waals surface area contributed by atoms with Gasteiger partial charge in [-0.1, -0.05) is 39.9 Å². The molecule has 14 aromatic rings. The van der Waals surface area contributed by atoms with Gasteiger partial charge in [0.15, 0.2) is 16.9 Å². The molecule has 29 heteroatoms. The molecule has 0 bridgehead atoms. The first kappa shape index (κ1) is 49.7. The van der Waals surface area contributed by atoms with Crippen molar-refractivity contribution in [2.75, 3.05) is 6.61 Å². The van der Waals surface area contributed by atoms with Crippen LogP contribution in [0.5, 0.6) is 0 Å². The molecule has 1 aliphatic rings. The van der Waals surface area contributed by atoms with Gasteiger partial charge >= 0.3 is 6.18 Å². The van der Waals surface area contributed by atoms with Gasteiger partial charge in [-0.2, -0.15) is 28.5 Å². The molecule has 1 N–H and O–H groups in total. The molecule has 13 aromatic heterocycles. The van der Waals surface area contributed by atoms with Crippen molar-refractivity contribution in [2.45, 2.75) is 45.3 Å². The Bertz CT molecular complexity index is 4550. The highest BCUT2D eigenvalue weighted by Crippen LogP contribution is 2.31. The normalized spacial score (nSPS) is 12.3. The van der Waals surface area contributed by atoms with Gasteiger partial charge in [-0.15, -0.1) is 38.0 Å². The molecular weight excluding hydrogens is 1070 g/mol. The number of allylic oxidation sites excluding steroid dienone is 1.